The first-order valence-electron chi connectivity index (χ1n) is 5.59. The Bertz CT molecular complexity index is 498. The van der Waals surface area contributed by atoms with Crippen molar-refractivity contribution in [3.8, 4) is 0 Å². The van der Waals surface area contributed by atoms with Gasteiger partial charge in [-0.15, -0.1) is 0 Å². The quantitative estimate of drug-likeness (QED) is 0.885. The van der Waals surface area contributed by atoms with Gasteiger partial charge in [-0.25, -0.2) is 4.39 Å². The Hall–Kier alpha value is -1.58. The van der Waals surface area contributed by atoms with Gasteiger partial charge in [0.25, 0.3) is 0 Å². The van der Waals surface area contributed by atoms with Crippen molar-refractivity contribution in [3.05, 3.63) is 64.9 Å². The molecule has 0 bridgehead atoms. The molecule has 2 aromatic rings. The van der Waals surface area contributed by atoms with Crippen molar-refractivity contribution in [2.45, 2.75) is 6.10 Å². The molecule has 2 aromatic carbocycles. The number of aliphatic hydroxyl groups excluding tert-OH is 1. The molecular formula is C14H13ClFNO. The second-order valence-electron chi connectivity index (χ2n) is 3.90. The molecule has 0 amide bonds. The van der Waals surface area contributed by atoms with Crippen LogP contribution >= 0.6 is 11.6 Å². The highest BCUT2D eigenvalue weighted by Crippen LogP contribution is 2.26. The largest absolute Gasteiger partial charge is 0.386 e. The van der Waals surface area contributed by atoms with Crippen molar-refractivity contribution in [3.63, 3.8) is 0 Å². The molecule has 0 aliphatic carbocycles. The number of halogens is 2. The molecule has 2 rings (SSSR count). The van der Waals surface area contributed by atoms with Gasteiger partial charge in [0.05, 0.1) is 0 Å². The topological polar surface area (TPSA) is 32.3 Å². The minimum Gasteiger partial charge on any atom is -0.386 e. The van der Waals surface area contributed by atoms with Crippen LogP contribution in [0.25, 0.3) is 0 Å². The zero-order chi connectivity index (χ0) is 13.0. The van der Waals surface area contributed by atoms with E-state index in [1.807, 2.05) is 30.3 Å². The van der Waals surface area contributed by atoms with E-state index in [0.717, 1.165) is 5.69 Å². The standard InChI is InChI=1S/C14H13ClFNO/c15-11-7-4-8-12(16)14(11)13(18)9-17-10-5-2-1-3-6-10/h1-8,13,17-18H,9H2. The van der Waals surface area contributed by atoms with E-state index in [-0.39, 0.29) is 17.1 Å². The molecule has 0 fully saturated rings. The number of hydrogen-bond donors (Lipinski definition) is 2. The zero-order valence-corrected chi connectivity index (χ0v) is 10.4. The molecular weight excluding hydrogens is 253 g/mol. The lowest BCUT2D eigenvalue weighted by molar-refractivity contribution is 0.187. The molecule has 2 N–H and O–H groups in total. The maximum absolute atomic E-state index is 13.6. The third-order valence-corrected chi connectivity index (χ3v) is 2.94. The molecule has 0 spiro atoms. The van der Waals surface area contributed by atoms with Crippen LogP contribution in [0, 0.1) is 5.82 Å². The summed E-state index contributed by atoms with van der Waals surface area (Å²) in [7, 11) is 0. The summed E-state index contributed by atoms with van der Waals surface area (Å²) in [6, 6.07) is 13.8. The molecule has 0 saturated carbocycles. The van der Waals surface area contributed by atoms with Gasteiger partial charge in [-0.2, -0.15) is 0 Å². The van der Waals surface area contributed by atoms with Crippen molar-refractivity contribution in [2.75, 3.05) is 11.9 Å². The molecule has 1 unspecified atom stereocenters. The Labute approximate surface area is 110 Å². The molecule has 0 radical (unpaired) electrons. The number of aliphatic hydroxyl groups is 1. The number of para-hydroxylation sites is 1. The van der Waals surface area contributed by atoms with Gasteiger partial charge >= 0.3 is 0 Å². The highest BCUT2D eigenvalue weighted by molar-refractivity contribution is 6.31. The average molecular weight is 266 g/mol. The Morgan fingerprint density at radius 1 is 1.11 bits per heavy atom. The van der Waals surface area contributed by atoms with Crippen molar-refractivity contribution in [1.29, 1.82) is 0 Å². The minimum absolute atomic E-state index is 0.127. The first-order chi connectivity index (χ1) is 8.68. The molecule has 0 aliphatic heterocycles. The van der Waals surface area contributed by atoms with Crippen LogP contribution in [0.15, 0.2) is 48.5 Å². The minimum atomic E-state index is -0.987. The zero-order valence-electron chi connectivity index (χ0n) is 9.61. The van der Waals surface area contributed by atoms with Crippen molar-refractivity contribution >= 4 is 17.3 Å². The van der Waals surface area contributed by atoms with Crippen LogP contribution < -0.4 is 5.32 Å². The predicted octanol–water partition coefficient (Wildman–Crippen LogP) is 3.62. The van der Waals surface area contributed by atoms with Gasteiger partial charge in [0.1, 0.15) is 11.9 Å². The van der Waals surface area contributed by atoms with E-state index in [1.54, 1.807) is 6.07 Å². The highest BCUT2D eigenvalue weighted by Gasteiger charge is 2.16. The van der Waals surface area contributed by atoms with Crippen LogP contribution in [0.3, 0.4) is 0 Å². The van der Waals surface area contributed by atoms with Gasteiger partial charge < -0.3 is 10.4 Å². The Morgan fingerprint density at radius 2 is 1.83 bits per heavy atom. The summed E-state index contributed by atoms with van der Waals surface area (Å²) in [5.41, 5.74) is 0.992. The second kappa shape index (κ2) is 5.85. The van der Waals surface area contributed by atoms with Crippen LogP contribution in [0.2, 0.25) is 5.02 Å². The molecule has 0 heterocycles. The summed E-state index contributed by atoms with van der Waals surface area (Å²) in [5.74, 6) is -0.495. The molecule has 18 heavy (non-hydrogen) atoms. The molecule has 1 atom stereocenters. The third kappa shape index (κ3) is 3.00. The normalized spacial score (nSPS) is 12.2. The summed E-state index contributed by atoms with van der Waals surface area (Å²) < 4.78 is 13.6. The number of nitrogens with one attached hydrogen (secondary N) is 1. The first-order valence-corrected chi connectivity index (χ1v) is 5.97. The van der Waals surface area contributed by atoms with Crippen molar-refractivity contribution < 1.29 is 9.50 Å². The van der Waals surface area contributed by atoms with Crippen LogP contribution in [0.5, 0.6) is 0 Å². The van der Waals surface area contributed by atoms with E-state index in [1.165, 1.54) is 12.1 Å². The molecule has 0 saturated heterocycles. The second-order valence-corrected chi connectivity index (χ2v) is 4.31. The van der Waals surface area contributed by atoms with Gasteiger partial charge in [0.15, 0.2) is 0 Å². The average Bonchev–Trinajstić information content (AvgIpc) is 2.37. The molecule has 94 valence electrons. The lowest BCUT2D eigenvalue weighted by Crippen LogP contribution is -2.13. The molecule has 4 heteroatoms. The SMILES string of the molecule is OC(CNc1ccccc1)c1c(F)cccc1Cl. The summed E-state index contributed by atoms with van der Waals surface area (Å²) in [6.07, 6.45) is -0.987. The van der Waals surface area contributed by atoms with Gasteiger partial charge in [-0.05, 0) is 24.3 Å². The molecule has 0 aliphatic rings. The fourth-order valence-corrected chi connectivity index (χ4v) is 1.99. The van der Waals surface area contributed by atoms with Crippen molar-refractivity contribution in [2.24, 2.45) is 0 Å². The van der Waals surface area contributed by atoms with E-state index in [9.17, 15) is 9.50 Å². The third-order valence-electron chi connectivity index (χ3n) is 2.61. The van der Waals surface area contributed by atoms with E-state index in [2.05, 4.69) is 5.32 Å². The number of benzene rings is 2. The van der Waals surface area contributed by atoms with E-state index in [0.29, 0.717) is 0 Å². The highest BCUT2D eigenvalue weighted by atomic mass is 35.5. The van der Waals surface area contributed by atoms with E-state index >= 15 is 0 Å². The van der Waals surface area contributed by atoms with Crippen LogP contribution in [0.1, 0.15) is 11.7 Å². The fourth-order valence-electron chi connectivity index (χ4n) is 1.70. The maximum atomic E-state index is 13.6. The molecule has 0 aromatic heterocycles. The number of rotatable bonds is 4. The van der Waals surface area contributed by atoms with Crippen LogP contribution in [-0.2, 0) is 0 Å². The molecule has 2 nitrogen and oxygen atoms in total. The van der Waals surface area contributed by atoms with Gasteiger partial charge in [0, 0.05) is 22.8 Å². The Morgan fingerprint density at radius 3 is 2.50 bits per heavy atom. The maximum Gasteiger partial charge on any atom is 0.130 e. The smallest absolute Gasteiger partial charge is 0.130 e. The lowest BCUT2D eigenvalue weighted by atomic mass is 10.1. The van der Waals surface area contributed by atoms with Gasteiger partial charge in [0.2, 0.25) is 0 Å². The summed E-state index contributed by atoms with van der Waals surface area (Å²) >= 11 is 5.88. The number of hydrogen-bond acceptors (Lipinski definition) is 2. The monoisotopic (exact) mass is 265 g/mol. The van der Waals surface area contributed by atoms with Crippen molar-refractivity contribution in [1.82, 2.24) is 0 Å². The van der Waals surface area contributed by atoms with Gasteiger partial charge in [-0.1, -0.05) is 35.9 Å². The van der Waals surface area contributed by atoms with Crippen LogP contribution in [0.4, 0.5) is 10.1 Å². The Kier molecular flexibility index (Phi) is 4.18. The fraction of sp³-hybridized carbons (Fsp3) is 0.143. The summed E-state index contributed by atoms with van der Waals surface area (Å²) in [6.45, 7) is 0.199. The number of anilines is 1. The first kappa shape index (κ1) is 12.9. The predicted molar refractivity (Wildman–Crippen MR) is 71.3 cm³/mol. The lowest BCUT2D eigenvalue weighted by Gasteiger charge is -2.15. The summed E-state index contributed by atoms with van der Waals surface area (Å²) in [4.78, 5) is 0. The van der Waals surface area contributed by atoms with E-state index in [4.69, 9.17) is 11.6 Å². The Balaban J connectivity index is 2.06. The van der Waals surface area contributed by atoms with E-state index < -0.39 is 11.9 Å². The van der Waals surface area contributed by atoms with Gasteiger partial charge in [-0.3, -0.25) is 0 Å². The summed E-state index contributed by atoms with van der Waals surface area (Å²) in [5, 5.41) is 13.2. The van der Waals surface area contributed by atoms with Crippen LogP contribution in [-0.4, -0.2) is 11.7 Å².